The molecule has 0 aliphatic heterocycles. The third-order valence-electron chi connectivity index (χ3n) is 2.64. The Kier molecular flexibility index (Phi) is 5.03. The molecule has 0 fully saturated rings. The van der Waals surface area contributed by atoms with Gasteiger partial charge in [0.2, 0.25) is 0 Å². The van der Waals surface area contributed by atoms with Crippen molar-refractivity contribution in [2.45, 2.75) is 26.8 Å². The van der Waals surface area contributed by atoms with Crippen LogP contribution in [0.2, 0.25) is 0 Å². The van der Waals surface area contributed by atoms with Crippen LogP contribution in [0.1, 0.15) is 30.0 Å². The number of methoxy groups -OCH3 is 1. The maximum atomic E-state index is 11.6. The first-order chi connectivity index (χ1) is 8.49. The number of carbonyl (C=O) groups excluding carboxylic acids is 1. The van der Waals surface area contributed by atoms with Crippen LogP contribution in [-0.2, 0) is 4.74 Å². The van der Waals surface area contributed by atoms with Crippen molar-refractivity contribution in [2.75, 3.05) is 19.0 Å². The second-order valence-corrected chi connectivity index (χ2v) is 4.35. The van der Waals surface area contributed by atoms with Crippen LogP contribution in [0.3, 0.4) is 0 Å². The third kappa shape index (κ3) is 3.40. The van der Waals surface area contributed by atoms with Gasteiger partial charge in [0.15, 0.2) is 0 Å². The second kappa shape index (κ2) is 6.30. The molecular formula is C12H19N3O3. The Morgan fingerprint density at radius 1 is 1.56 bits per heavy atom. The number of hydrogen-bond donors (Lipinski definition) is 2. The second-order valence-electron chi connectivity index (χ2n) is 4.35. The number of esters is 1. The molecule has 1 rings (SSSR count). The summed E-state index contributed by atoms with van der Waals surface area (Å²) in [5, 5.41) is 12.3. The molecule has 1 heterocycles. The summed E-state index contributed by atoms with van der Waals surface area (Å²) in [5.41, 5.74) is 0.266. The zero-order valence-electron chi connectivity index (χ0n) is 11.1. The topological polar surface area (TPSA) is 84.3 Å². The number of aliphatic hydroxyl groups excluding tert-OH is 1. The van der Waals surface area contributed by atoms with Gasteiger partial charge < -0.3 is 15.2 Å². The van der Waals surface area contributed by atoms with E-state index in [-0.39, 0.29) is 24.1 Å². The lowest BCUT2D eigenvalue weighted by molar-refractivity contribution is 0.0600. The van der Waals surface area contributed by atoms with Gasteiger partial charge in [-0.15, -0.1) is 0 Å². The van der Waals surface area contributed by atoms with Gasteiger partial charge in [0.1, 0.15) is 17.2 Å². The molecule has 1 unspecified atom stereocenters. The van der Waals surface area contributed by atoms with Gasteiger partial charge in [0.05, 0.1) is 19.8 Å². The molecule has 1 aromatic heterocycles. The van der Waals surface area contributed by atoms with E-state index in [4.69, 9.17) is 0 Å². The van der Waals surface area contributed by atoms with Gasteiger partial charge in [-0.25, -0.2) is 14.8 Å². The molecule has 1 atom stereocenters. The van der Waals surface area contributed by atoms with E-state index in [0.717, 1.165) is 0 Å². The average Bonchev–Trinajstić information content (AvgIpc) is 2.34. The molecule has 18 heavy (non-hydrogen) atoms. The summed E-state index contributed by atoms with van der Waals surface area (Å²) < 4.78 is 4.67. The summed E-state index contributed by atoms with van der Waals surface area (Å²) >= 11 is 0. The van der Waals surface area contributed by atoms with Crippen molar-refractivity contribution < 1.29 is 14.6 Å². The molecule has 0 bridgehead atoms. The number of nitrogens with one attached hydrogen (secondary N) is 1. The van der Waals surface area contributed by atoms with Gasteiger partial charge >= 0.3 is 5.97 Å². The number of aliphatic hydroxyl groups is 1. The average molecular weight is 253 g/mol. The van der Waals surface area contributed by atoms with Crippen LogP contribution in [0, 0.1) is 12.8 Å². The first kappa shape index (κ1) is 14.4. The Labute approximate surface area is 106 Å². The number of aromatic nitrogens is 2. The first-order valence-electron chi connectivity index (χ1n) is 5.79. The molecule has 0 radical (unpaired) electrons. The van der Waals surface area contributed by atoms with E-state index in [1.165, 1.54) is 13.3 Å². The van der Waals surface area contributed by atoms with Crippen LogP contribution in [0.15, 0.2) is 6.20 Å². The monoisotopic (exact) mass is 253 g/mol. The predicted octanol–water partition coefficient (Wildman–Crippen LogP) is 1.00. The van der Waals surface area contributed by atoms with Crippen LogP contribution < -0.4 is 5.32 Å². The van der Waals surface area contributed by atoms with E-state index in [0.29, 0.717) is 11.6 Å². The number of aryl methyl sites for hydroxylation is 1. The summed E-state index contributed by atoms with van der Waals surface area (Å²) in [6.07, 6.45) is 1.42. The number of anilines is 1. The van der Waals surface area contributed by atoms with Crippen molar-refractivity contribution >= 4 is 11.8 Å². The first-order valence-corrected chi connectivity index (χ1v) is 5.79. The maximum absolute atomic E-state index is 11.6. The molecule has 0 spiro atoms. The summed E-state index contributed by atoms with van der Waals surface area (Å²) in [4.78, 5) is 19.7. The van der Waals surface area contributed by atoms with E-state index in [1.54, 1.807) is 6.92 Å². The van der Waals surface area contributed by atoms with Gasteiger partial charge in [-0.1, -0.05) is 13.8 Å². The Bertz CT molecular complexity index is 421. The fourth-order valence-electron chi connectivity index (χ4n) is 1.44. The molecule has 6 heteroatoms. The molecule has 0 saturated heterocycles. The lowest BCUT2D eigenvalue weighted by Gasteiger charge is -2.21. The van der Waals surface area contributed by atoms with Crippen LogP contribution in [0.5, 0.6) is 0 Å². The van der Waals surface area contributed by atoms with Crippen molar-refractivity contribution in [3.8, 4) is 0 Å². The minimum absolute atomic E-state index is 0.0403. The van der Waals surface area contributed by atoms with Gasteiger partial charge in [0.25, 0.3) is 0 Å². The van der Waals surface area contributed by atoms with Crippen molar-refractivity contribution in [3.63, 3.8) is 0 Å². The third-order valence-corrected chi connectivity index (χ3v) is 2.64. The Morgan fingerprint density at radius 2 is 2.22 bits per heavy atom. The number of rotatable bonds is 5. The summed E-state index contributed by atoms with van der Waals surface area (Å²) in [5.74, 6) is 0.640. The summed E-state index contributed by atoms with van der Waals surface area (Å²) in [6, 6.07) is -0.178. The normalized spacial score (nSPS) is 12.3. The van der Waals surface area contributed by atoms with Crippen molar-refractivity contribution in [1.82, 2.24) is 9.97 Å². The molecule has 0 aliphatic rings. The van der Waals surface area contributed by atoms with Crippen molar-refractivity contribution in [1.29, 1.82) is 0 Å². The molecule has 2 N–H and O–H groups in total. The Hall–Kier alpha value is -1.69. The fraction of sp³-hybridized carbons (Fsp3) is 0.583. The van der Waals surface area contributed by atoms with Crippen LogP contribution in [-0.4, -0.2) is 40.8 Å². The zero-order valence-corrected chi connectivity index (χ0v) is 11.1. The molecule has 0 amide bonds. The molecule has 0 aliphatic carbocycles. The molecular weight excluding hydrogens is 234 g/mol. The van der Waals surface area contributed by atoms with Gasteiger partial charge in [-0.05, 0) is 12.8 Å². The lowest BCUT2D eigenvalue weighted by Crippen LogP contribution is -2.31. The fourth-order valence-corrected chi connectivity index (χ4v) is 1.44. The summed E-state index contributed by atoms with van der Waals surface area (Å²) in [6.45, 7) is 5.64. The Balaban J connectivity index is 3.05. The number of hydrogen-bond acceptors (Lipinski definition) is 6. The maximum Gasteiger partial charge on any atom is 0.343 e. The van der Waals surface area contributed by atoms with Gasteiger partial charge in [-0.3, -0.25) is 0 Å². The highest BCUT2D eigenvalue weighted by atomic mass is 16.5. The van der Waals surface area contributed by atoms with E-state index in [9.17, 15) is 9.90 Å². The van der Waals surface area contributed by atoms with Gasteiger partial charge in [-0.2, -0.15) is 0 Å². The molecule has 0 saturated carbocycles. The molecule has 0 aromatic carbocycles. The lowest BCUT2D eigenvalue weighted by atomic mass is 10.1. The van der Waals surface area contributed by atoms with E-state index in [1.807, 2.05) is 13.8 Å². The molecule has 1 aromatic rings. The molecule has 6 nitrogen and oxygen atoms in total. The van der Waals surface area contributed by atoms with E-state index >= 15 is 0 Å². The smallest absolute Gasteiger partial charge is 0.343 e. The highest BCUT2D eigenvalue weighted by Gasteiger charge is 2.19. The van der Waals surface area contributed by atoms with Crippen molar-refractivity contribution in [3.05, 3.63) is 17.6 Å². The number of ether oxygens (including phenoxy) is 1. The molecule has 100 valence electrons. The van der Waals surface area contributed by atoms with E-state index in [2.05, 4.69) is 20.0 Å². The van der Waals surface area contributed by atoms with Crippen LogP contribution in [0.25, 0.3) is 0 Å². The Morgan fingerprint density at radius 3 is 2.72 bits per heavy atom. The van der Waals surface area contributed by atoms with Gasteiger partial charge in [0, 0.05) is 6.20 Å². The highest BCUT2D eigenvalue weighted by molar-refractivity contribution is 5.94. The zero-order chi connectivity index (χ0) is 13.7. The van der Waals surface area contributed by atoms with E-state index < -0.39 is 5.97 Å². The van der Waals surface area contributed by atoms with Crippen LogP contribution >= 0.6 is 0 Å². The quantitative estimate of drug-likeness (QED) is 0.762. The number of nitrogens with zero attached hydrogens (tertiary/aromatic N) is 2. The minimum Gasteiger partial charge on any atom is -0.465 e. The largest absolute Gasteiger partial charge is 0.465 e. The van der Waals surface area contributed by atoms with Crippen molar-refractivity contribution in [2.24, 2.45) is 5.92 Å². The SMILES string of the molecule is COC(=O)c1cnc(C)nc1NC(CO)C(C)C. The number of carbonyl (C=O) groups is 1. The highest BCUT2D eigenvalue weighted by Crippen LogP contribution is 2.16. The standard InChI is InChI=1S/C12H19N3O3/c1-7(2)10(6-16)15-11-9(12(17)18-4)5-13-8(3)14-11/h5,7,10,16H,6H2,1-4H3,(H,13,14,15). The minimum atomic E-state index is -0.502. The van der Waals surface area contributed by atoms with Crippen LogP contribution in [0.4, 0.5) is 5.82 Å². The summed E-state index contributed by atoms with van der Waals surface area (Å²) in [7, 11) is 1.30. The predicted molar refractivity (Wildman–Crippen MR) is 67.4 cm³/mol.